The fraction of sp³-hybridized carbons (Fsp3) is 0.294. The second-order valence-electron chi connectivity index (χ2n) is 5.55. The van der Waals surface area contributed by atoms with Crippen LogP contribution in [0.25, 0.3) is 0 Å². The number of rotatable bonds is 2. The Labute approximate surface area is 129 Å². The average molecular weight is 297 g/mol. The predicted molar refractivity (Wildman–Crippen MR) is 83.6 cm³/mol. The second kappa shape index (κ2) is 6.15. The van der Waals surface area contributed by atoms with E-state index >= 15 is 0 Å². The maximum absolute atomic E-state index is 12.6. The zero-order chi connectivity index (χ0) is 15.5. The first-order valence-electron chi connectivity index (χ1n) is 7.34. The lowest BCUT2D eigenvalue weighted by molar-refractivity contribution is 0.0543. The third-order valence-electron chi connectivity index (χ3n) is 4.15. The minimum absolute atomic E-state index is 0.0670. The molecule has 5 heteroatoms. The number of amides is 1. The van der Waals surface area contributed by atoms with E-state index in [-0.39, 0.29) is 17.7 Å². The Kier molecular flexibility index (Phi) is 4.06. The lowest BCUT2D eigenvalue weighted by Crippen LogP contribution is -2.49. The van der Waals surface area contributed by atoms with E-state index in [1.165, 1.54) is 18.0 Å². The summed E-state index contributed by atoms with van der Waals surface area (Å²) in [5.41, 5.74) is 1.51. The first kappa shape index (κ1) is 14.5. The predicted octanol–water partition coefficient (Wildman–Crippen LogP) is 1.92. The molecular formula is C17H19N3O2. The molecule has 1 aliphatic rings. The minimum atomic E-state index is -0.145. The van der Waals surface area contributed by atoms with Gasteiger partial charge in [-0.15, -0.1) is 0 Å². The van der Waals surface area contributed by atoms with Crippen LogP contribution >= 0.6 is 0 Å². The molecule has 1 atom stereocenters. The number of pyridine rings is 1. The molecule has 1 aliphatic heterocycles. The largest absolute Gasteiger partial charge is 0.505 e. The summed E-state index contributed by atoms with van der Waals surface area (Å²) in [5.74, 6) is -0.211. The molecule has 1 amide bonds. The van der Waals surface area contributed by atoms with Crippen LogP contribution in [0.3, 0.4) is 0 Å². The lowest BCUT2D eigenvalue weighted by atomic mass is 10.0. The number of carbonyl (C=O) groups is 1. The summed E-state index contributed by atoms with van der Waals surface area (Å²) in [6.07, 6.45) is 2.83. The fourth-order valence-electron chi connectivity index (χ4n) is 2.83. The summed E-state index contributed by atoms with van der Waals surface area (Å²) < 4.78 is 0. The topological polar surface area (TPSA) is 56.7 Å². The number of hydrogen-bond donors (Lipinski definition) is 1. The molecule has 2 heterocycles. The number of carbonyl (C=O) groups excluding carboxylic acids is 1. The van der Waals surface area contributed by atoms with Crippen molar-refractivity contribution in [2.75, 3.05) is 26.7 Å². The summed E-state index contributed by atoms with van der Waals surface area (Å²) >= 11 is 0. The second-order valence-corrected chi connectivity index (χ2v) is 5.55. The normalized spacial score (nSPS) is 19.1. The molecule has 2 aromatic rings. The molecule has 1 fully saturated rings. The van der Waals surface area contributed by atoms with Gasteiger partial charge in [-0.25, -0.2) is 0 Å². The molecule has 114 valence electrons. The fourth-order valence-corrected chi connectivity index (χ4v) is 2.83. The number of piperazine rings is 1. The smallest absolute Gasteiger partial charge is 0.257 e. The van der Waals surface area contributed by atoms with Gasteiger partial charge >= 0.3 is 0 Å². The van der Waals surface area contributed by atoms with E-state index < -0.39 is 0 Å². The van der Waals surface area contributed by atoms with Crippen molar-refractivity contribution in [2.45, 2.75) is 6.04 Å². The van der Waals surface area contributed by atoms with Crippen molar-refractivity contribution in [3.05, 3.63) is 59.9 Å². The zero-order valence-corrected chi connectivity index (χ0v) is 12.5. The highest BCUT2D eigenvalue weighted by Crippen LogP contribution is 2.26. The third kappa shape index (κ3) is 2.80. The van der Waals surface area contributed by atoms with Crippen molar-refractivity contribution < 1.29 is 9.90 Å². The number of hydrogen-bond acceptors (Lipinski definition) is 4. The van der Waals surface area contributed by atoms with Crippen LogP contribution in [0, 0.1) is 0 Å². The third-order valence-corrected chi connectivity index (χ3v) is 4.15. The maximum Gasteiger partial charge on any atom is 0.257 e. The number of nitrogens with zero attached hydrogens (tertiary/aromatic N) is 3. The van der Waals surface area contributed by atoms with Crippen molar-refractivity contribution in [2.24, 2.45) is 0 Å². The van der Waals surface area contributed by atoms with Crippen molar-refractivity contribution in [3.63, 3.8) is 0 Å². The van der Waals surface area contributed by atoms with Gasteiger partial charge in [0.25, 0.3) is 5.91 Å². The van der Waals surface area contributed by atoms with Crippen LogP contribution in [-0.2, 0) is 0 Å². The van der Waals surface area contributed by atoms with E-state index in [0.717, 1.165) is 6.54 Å². The van der Waals surface area contributed by atoms with E-state index in [4.69, 9.17) is 0 Å². The van der Waals surface area contributed by atoms with Gasteiger partial charge < -0.3 is 10.0 Å². The van der Waals surface area contributed by atoms with Crippen molar-refractivity contribution in [1.29, 1.82) is 0 Å². The summed E-state index contributed by atoms with van der Waals surface area (Å²) in [4.78, 5) is 20.5. The minimum Gasteiger partial charge on any atom is -0.505 e. The quantitative estimate of drug-likeness (QED) is 0.920. The van der Waals surface area contributed by atoms with Gasteiger partial charge in [-0.1, -0.05) is 30.3 Å². The Balaban J connectivity index is 1.81. The van der Waals surface area contributed by atoms with Crippen LogP contribution in [0.4, 0.5) is 0 Å². The molecule has 0 radical (unpaired) electrons. The monoisotopic (exact) mass is 297 g/mol. The number of likely N-dealkylation sites (N-methyl/N-ethyl adjacent to an activating group) is 1. The zero-order valence-electron chi connectivity index (χ0n) is 12.5. The van der Waals surface area contributed by atoms with Crippen molar-refractivity contribution in [3.8, 4) is 5.75 Å². The van der Waals surface area contributed by atoms with Gasteiger partial charge in [-0.05, 0) is 18.7 Å². The molecule has 3 rings (SSSR count). The van der Waals surface area contributed by atoms with Crippen LogP contribution in [0.2, 0.25) is 0 Å². The molecule has 1 N–H and O–H groups in total. The molecule has 5 nitrogen and oxygen atoms in total. The Bertz CT molecular complexity index is 660. The van der Waals surface area contributed by atoms with Crippen LogP contribution in [-0.4, -0.2) is 52.5 Å². The van der Waals surface area contributed by atoms with E-state index in [1.807, 2.05) is 18.2 Å². The summed E-state index contributed by atoms with van der Waals surface area (Å²) in [6, 6.07) is 11.9. The van der Waals surface area contributed by atoms with Crippen molar-refractivity contribution in [1.82, 2.24) is 14.8 Å². The van der Waals surface area contributed by atoms with Gasteiger partial charge in [-0.3, -0.25) is 14.7 Å². The average Bonchev–Trinajstić information content (AvgIpc) is 2.56. The number of benzene rings is 1. The molecule has 0 aliphatic carbocycles. The summed E-state index contributed by atoms with van der Waals surface area (Å²) in [6.45, 7) is 2.07. The van der Waals surface area contributed by atoms with Crippen LogP contribution in [0.5, 0.6) is 5.75 Å². The van der Waals surface area contributed by atoms with Gasteiger partial charge in [0, 0.05) is 25.8 Å². The van der Waals surface area contributed by atoms with Crippen molar-refractivity contribution >= 4 is 5.91 Å². The van der Waals surface area contributed by atoms with E-state index in [1.54, 1.807) is 11.0 Å². The van der Waals surface area contributed by atoms with Crippen LogP contribution in [0.15, 0.2) is 48.8 Å². The number of aromatic hydroxyl groups is 1. The molecule has 1 aromatic carbocycles. The first-order valence-corrected chi connectivity index (χ1v) is 7.34. The van der Waals surface area contributed by atoms with E-state index in [9.17, 15) is 9.90 Å². The van der Waals surface area contributed by atoms with Gasteiger partial charge in [0.15, 0.2) is 0 Å². The highest BCUT2D eigenvalue weighted by atomic mass is 16.3. The molecule has 1 aromatic heterocycles. The Hall–Kier alpha value is -2.40. The Morgan fingerprint density at radius 2 is 2.00 bits per heavy atom. The van der Waals surface area contributed by atoms with E-state index in [2.05, 4.69) is 29.1 Å². The highest BCUT2D eigenvalue weighted by Gasteiger charge is 2.29. The molecule has 0 spiro atoms. The number of aromatic nitrogens is 1. The lowest BCUT2D eigenvalue weighted by Gasteiger charge is -2.39. The first-order chi connectivity index (χ1) is 10.7. The standard InChI is InChI=1S/C17H19N3O2/c1-19-9-10-20(12-15(19)13-5-3-2-4-6-13)17(22)14-7-8-18-11-16(14)21/h2-8,11,15,21H,9-10,12H2,1H3/t15-/m0/s1. The highest BCUT2D eigenvalue weighted by molar-refractivity contribution is 5.96. The van der Waals surface area contributed by atoms with Gasteiger partial charge in [0.1, 0.15) is 5.75 Å². The SMILES string of the molecule is CN1CCN(C(=O)c2ccncc2O)C[C@H]1c1ccccc1. The Morgan fingerprint density at radius 1 is 1.23 bits per heavy atom. The maximum atomic E-state index is 12.6. The molecule has 0 unspecified atom stereocenters. The summed E-state index contributed by atoms with van der Waals surface area (Å²) in [5, 5.41) is 9.83. The molecule has 1 saturated heterocycles. The molecular weight excluding hydrogens is 278 g/mol. The van der Waals surface area contributed by atoms with Gasteiger partial charge in [-0.2, -0.15) is 0 Å². The van der Waals surface area contributed by atoms with E-state index in [0.29, 0.717) is 18.7 Å². The molecule has 0 saturated carbocycles. The van der Waals surface area contributed by atoms with Gasteiger partial charge in [0.05, 0.1) is 17.8 Å². The van der Waals surface area contributed by atoms with Gasteiger partial charge in [0.2, 0.25) is 0 Å². The molecule has 22 heavy (non-hydrogen) atoms. The Morgan fingerprint density at radius 3 is 2.73 bits per heavy atom. The van der Waals surface area contributed by atoms with Crippen LogP contribution < -0.4 is 0 Å². The molecule has 0 bridgehead atoms. The van der Waals surface area contributed by atoms with Crippen LogP contribution in [0.1, 0.15) is 22.0 Å². The summed E-state index contributed by atoms with van der Waals surface area (Å²) in [7, 11) is 2.07.